The van der Waals surface area contributed by atoms with Crippen molar-refractivity contribution in [3.8, 4) is 23.0 Å². The number of nitrogens with two attached hydrogens (primary N) is 1. The third-order valence-electron chi connectivity index (χ3n) is 4.94. The number of aliphatic carboxylic acids is 1. The Hall–Kier alpha value is -3.28. The number of hydrogen-bond acceptors (Lipinski definition) is 9. The van der Waals surface area contributed by atoms with Crippen LogP contribution in [0.3, 0.4) is 0 Å². The summed E-state index contributed by atoms with van der Waals surface area (Å²) in [7, 11) is 1.84. The lowest BCUT2D eigenvalue weighted by molar-refractivity contribution is -0.145. The number of sulfone groups is 1. The zero-order chi connectivity index (χ0) is 24.8. The molecule has 1 atom stereocenters. The van der Waals surface area contributed by atoms with Gasteiger partial charge in [-0.3, -0.25) is 0 Å². The standard InChI is InChI=1S/C22H27NO9S/c1-29-15-10-19(31-3)16(20(11-15)32-4)7-8-33(27,28)12-14-5-6-18(30-2)17(9-14)22(23,13-24)21(25)26/h5-11,24H,12-13,23H2,1-4H3,(H,25,26)/b8-7+/t22-/m1/s1. The topological polar surface area (TPSA) is 155 Å². The van der Waals surface area contributed by atoms with Gasteiger partial charge in [-0.2, -0.15) is 0 Å². The van der Waals surface area contributed by atoms with E-state index in [-0.39, 0.29) is 16.9 Å². The van der Waals surface area contributed by atoms with E-state index in [0.717, 1.165) is 5.41 Å². The van der Waals surface area contributed by atoms with Gasteiger partial charge in [0, 0.05) is 23.1 Å². The Morgan fingerprint density at radius 1 is 1.00 bits per heavy atom. The fraction of sp³-hybridized carbons (Fsp3) is 0.318. The van der Waals surface area contributed by atoms with E-state index in [0.29, 0.717) is 22.8 Å². The maximum atomic E-state index is 12.8. The second-order valence-corrected chi connectivity index (χ2v) is 8.91. The molecule has 10 nitrogen and oxygen atoms in total. The summed E-state index contributed by atoms with van der Waals surface area (Å²) in [6.07, 6.45) is 1.34. The van der Waals surface area contributed by atoms with Gasteiger partial charge in [0.15, 0.2) is 15.4 Å². The van der Waals surface area contributed by atoms with E-state index >= 15 is 0 Å². The minimum atomic E-state index is -3.82. The lowest BCUT2D eigenvalue weighted by atomic mass is 9.90. The van der Waals surface area contributed by atoms with Gasteiger partial charge in [0.05, 0.1) is 46.4 Å². The fourth-order valence-electron chi connectivity index (χ4n) is 3.11. The van der Waals surface area contributed by atoms with Gasteiger partial charge in [0.1, 0.15) is 23.0 Å². The van der Waals surface area contributed by atoms with Crippen LogP contribution >= 0.6 is 0 Å². The minimum Gasteiger partial charge on any atom is -0.496 e. The molecule has 2 aromatic carbocycles. The van der Waals surface area contributed by atoms with Gasteiger partial charge >= 0.3 is 5.97 Å². The van der Waals surface area contributed by atoms with E-state index in [1.54, 1.807) is 12.1 Å². The van der Waals surface area contributed by atoms with Crippen LogP contribution in [-0.2, 0) is 25.9 Å². The molecule has 11 heteroatoms. The summed E-state index contributed by atoms with van der Waals surface area (Å²) >= 11 is 0. The number of rotatable bonds is 11. The maximum absolute atomic E-state index is 12.8. The normalized spacial score (nSPS) is 13.4. The first-order valence-corrected chi connectivity index (χ1v) is 11.3. The van der Waals surface area contributed by atoms with Gasteiger partial charge in [-0.1, -0.05) is 6.07 Å². The summed E-state index contributed by atoms with van der Waals surface area (Å²) in [4.78, 5) is 11.6. The number of aliphatic hydroxyl groups excluding tert-OH is 1. The second kappa shape index (κ2) is 10.6. The third kappa shape index (κ3) is 5.75. The quantitative estimate of drug-likeness (QED) is 0.430. The monoisotopic (exact) mass is 481 g/mol. The van der Waals surface area contributed by atoms with Crippen LogP contribution in [0, 0.1) is 0 Å². The molecule has 4 N–H and O–H groups in total. The minimum absolute atomic E-state index is 0.0461. The van der Waals surface area contributed by atoms with Gasteiger partial charge < -0.3 is 34.9 Å². The van der Waals surface area contributed by atoms with Crippen LogP contribution in [0.1, 0.15) is 16.7 Å². The molecule has 0 aliphatic rings. The van der Waals surface area contributed by atoms with Crippen LogP contribution in [0.15, 0.2) is 35.7 Å². The van der Waals surface area contributed by atoms with Crippen LogP contribution in [0.25, 0.3) is 6.08 Å². The van der Waals surface area contributed by atoms with Gasteiger partial charge in [0.25, 0.3) is 0 Å². The molecule has 33 heavy (non-hydrogen) atoms. The van der Waals surface area contributed by atoms with Crippen LogP contribution in [0.2, 0.25) is 0 Å². The molecule has 0 amide bonds. The van der Waals surface area contributed by atoms with Crippen molar-refractivity contribution in [3.63, 3.8) is 0 Å². The molecule has 2 rings (SSSR count). The third-order valence-corrected chi connectivity index (χ3v) is 6.23. The zero-order valence-corrected chi connectivity index (χ0v) is 19.5. The number of methoxy groups -OCH3 is 4. The highest BCUT2D eigenvalue weighted by Gasteiger charge is 2.38. The average Bonchev–Trinajstić information content (AvgIpc) is 2.81. The molecule has 0 radical (unpaired) electrons. The summed E-state index contributed by atoms with van der Waals surface area (Å²) in [6, 6.07) is 7.35. The van der Waals surface area contributed by atoms with Crippen LogP contribution in [-0.4, -0.2) is 59.6 Å². The van der Waals surface area contributed by atoms with Crippen molar-refractivity contribution in [1.29, 1.82) is 0 Å². The fourth-order valence-corrected chi connectivity index (χ4v) is 4.19. The molecule has 0 spiro atoms. The predicted octanol–water partition coefficient (Wildman–Crippen LogP) is 1.54. The molecule has 0 unspecified atom stereocenters. The first-order valence-electron chi connectivity index (χ1n) is 9.56. The Kier molecular flexibility index (Phi) is 8.31. The van der Waals surface area contributed by atoms with Crippen molar-refractivity contribution in [2.75, 3.05) is 35.0 Å². The van der Waals surface area contributed by atoms with E-state index < -0.39 is 33.7 Å². The molecule has 2 aromatic rings. The average molecular weight is 482 g/mol. The molecule has 0 aromatic heterocycles. The van der Waals surface area contributed by atoms with Crippen LogP contribution in [0.5, 0.6) is 23.0 Å². The Morgan fingerprint density at radius 3 is 2.03 bits per heavy atom. The van der Waals surface area contributed by atoms with Crippen molar-refractivity contribution in [1.82, 2.24) is 0 Å². The summed E-state index contributed by atoms with van der Waals surface area (Å²) in [5.41, 5.74) is 4.31. The van der Waals surface area contributed by atoms with Crippen molar-refractivity contribution in [3.05, 3.63) is 52.4 Å². The van der Waals surface area contributed by atoms with E-state index in [1.165, 1.54) is 52.7 Å². The van der Waals surface area contributed by atoms with Gasteiger partial charge in [-0.05, 0) is 23.8 Å². The van der Waals surface area contributed by atoms with Crippen molar-refractivity contribution in [2.45, 2.75) is 11.3 Å². The molecule has 0 heterocycles. The van der Waals surface area contributed by atoms with E-state index in [9.17, 15) is 23.4 Å². The Morgan fingerprint density at radius 2 is 1.58 bits per heavy atom. The molecule has 180 valence electrons. The number of carboxylic acids is 1. The number of aliphatic hydroxyl groups is 1. The smallest absolute Gasteiger partial charge is 0.330 e. The number of carboxylic acid groups (broad SMARTS) is 1. The summed E-state index contributed by atoms with van der Waals surface area (Å²) < 4.78 is 46.5. The number of carbonyl (C=O) groups is 1. The maximum Gasteiger partial charge on any atom is 0.330 e. The van der Waals surface area contributed by atoms with Crippen molar-refractivity contribution < 1.29 is 42.4 Å². The summed E-state index contributed by atoms with van der Waals surface area (Å²) in [5, 5.41) is 20.1. The highest BCUT2D eigenvalue weighted by Crippen LogP contribution is 2.35. The summed E-state index contributed by atoms with van der Waals surface area (Å²) in [5.74, 6) is -0.659. The Labute approximate surface area is 192 Å². The number of hydrogen-bond donors (Lipinski definition) is 3. The van der Waals surface area contributed by atoms with Crippen molar-refractivity contribution >= 4 is 21.9 Å². The first kappa shape index (κ1) is 26.0. The largest absolute Gasteiger partial charge is 0.496 e. The van der Waals surface area contributed by atoms with Gasteiger partial charge in [0.2, 0.25) is 0 Å². The molecule has 0 saturated heterocycles. The molecular weight excluding hydrogens is 454 g/mol. The highest BCUT2D eigenvalue weighted by molar-refractivity contribution is 7.93. The highest BCUT2D eigenvalue weighted by atomic mass is 32.2. The summed E-state index contributed by atoms with van der Waals surface area (Å²) in [6.45, 7) is -0.911. The Bertz CT molecular complexity index is 1120. The van der Waals surface area contributed by atoms with E-state index in [1.807, 2.05) is 0 Å². The number of ether oxygens (including phenoxy) is 4. The molecule has 0 saturated carbocycles. The zero-order valence-electron chi connectivity index (χ0n) is 18.7. The van der Waals surface area contributed by atoms with Crippen molar-refractivity contribution in [2.24, 2.45) is 5.73 Å². The SMILES string of the molecule is COc1cc(OC)c(/C=C/S(=O)(=O)Cc2ccc(OC)c([C@](N)(CO)C(=O)O)c2)c(OC)c1. The van der Waals surface area contributed by atoms with E-state index in [4.69, 9.17) is 24.7 Å². The molecule has 0 fully saturated rings. The lowest BCUT2D eigenvalue weighted by Gasteiger charge is -2.25. The lowest BCUT2D eigenvalue weighted by Crippen LogP contribution is -2.48. The molecular formula is C22H27NO9S. The molecule has 0 aliphatic heterocycles. The van der Waals surface area contributed by atoms with Gasteiger partial charge in [-0.25, -0.2) is 13.2 Å². The first-order chi connectivity index (χ1) is 15.5. The van der Waals surface area contributed by atoms with Crippen LogP contribution < -0.4 is 24.7 Å². The van der Waals surface area contributed by atoms with Gasteiger partial charge in [-0.15, -0.1) is 0 Å². The predicted molar refractivity (Wildman–Crippen MR) is 121 cm³/mol. The Balaban J connectivity index is 2.44. The van der Waals surface area contributed by atoms with E-state index in [2.05, 4.69) is 0 Å². The molecule has 0 aliphatic carbocycles. The second-order valence-electron chi connectivity index (χ2n) is 7.02. The number of benzene rings is 2. The van der Waals surface area contributed by atoms with Crippen LogP contribution in [0.4, 0.5) is 0 Å². The molecule has 0 bridgehead atoms.